The van der Waals surface area contributed by atoms with Crippen molar-refractivity contribution in [2.45, 2.75) is 18.6 Å². The lowest BCUT2D eigenvalue weighted by Crippen LogP contribution is -2.33. The first kappa shape index (κ1) is 15.9. The average molecular weight is 292 g/mol. The minimum absolute atomic E-state index is 0.0653. The van der Waals surface area contributed by atoms with Gasteiger partial charge in [0.05, 0.1) is 17.6 Å². The van der Waals surface area contributed by atoms with Gasteiger partial charge in [0.1, 0.15) is 6.04 Å². The minimum Gasteiger partial charge on any atom is -0.468 e. The first-order valence-corrected chi connectivity index (χ1v) is 5.34. The number of non-ortho nitro benzene ring substituents is 1. The van der Waals surface area contributed by atoms with E-state index in [1.165, 1.54) is 0 Å². The van der Waals surface area contributed by atoms with Crippen molar-refractivity contribution in [2.75, 3.05) is 7.11 Å². The van der Waals surface area contributed by atoms with Crippen LogP contribution < -0.4 is 5.73 Å². The molecule has 1 aromatic rings. The van der Waals surface area contributed by atoms with E-state index >= 15 is 0 Å². The van der Waals surface area contributed by atoms with Gasteiger partial charge in [0.15, 0.2) is 0 Å². The number of halogens is 3. The molecule has 0 bridgehead atoms. The number of carbonyl (C=O) groups is 1. The molecule has 0 aliphatic rings. The summed E-state index contributed by atoms with van der Waals surface area (Å²) < 4.78 is 42.2. The Hall–Kier alpha value is -2.16. The lowest BCUT2D eigenvalue weighted by atomic mass is 10.0. The Bertz CT molecular complexity index is 531. The second-order valence-electron chi connectivity index (χ2n) is 3.98. The highest BCUT2D eigenvalue weighted by atomic mass is 19.4. The number of alkyl halides is 3. The number of nitrogens with zero attached hydrogens (tertiary/aromatic N) is 1. The number of carbonyl (C=O) groups excluding carboxylic acids is 1. The van der Waals surface area contributed by atoms with Gasteiger partial charge < -0.3 is 10.5 Å². The number of ether oxygens (including phenoxy) is 1. The second kappa shape index (κ2) is 5.87. The molecule has 0 amide bonds. The van der Waals surface area contributed by atoms with Crippen molar-refractivity contribution >= 4 is 11.7 Å². The highest BCUT2D eigenvalue weighted by molar-refractivity contribution is 5.75. The van der Waals surface area contributed by atoms with Gasteiger partial charge in [-0.25, -0.2) is 0 Å². The molecule has 0 saturated carbocycles. The van der Waals surface area contributed by atoms with Crippen LogP contribution in [0.15, 0.2) is 18.2 Å². The first-order chi connectivity index (χ1) is 9.15. The van der Waals surface area contributed by atoms with Crippen LogP contribution >= 0.6 is 0 Å². The maximum absolute atomic E-state index is 12.6. The van der Waals surface area contributed by atoms with E-state index in [1.807, 2.05) is 0 Å². The molecule has 2 N–H and O–H groups in total. The Balaban J connectivity index is 3.16. The quantitative estimate of drug-likeness (QED) is 0.517. The van der Waals surface area contributed by atoms with Crippen molar-refractivity contribution < 1.29 is 27.6 Å². The molecule has 20 heavy (non-hydrogen) atoms. The number of nitrogens with two attached hydrogens (primary N) is 1. The lowest BCUT2D eigenvalue weighted by molar-refractivity contribution is -0.385. The van der Waals surface area contributed by atoms with Crippen LogP contribution in [0.5, 0.6) is 0 Å². The molecule has 0 unspecified atom stereocenters. The molecule has 0 heterocycles. The number of hydrogen-bond donors (Lipinski definition) is 1. The first-order valence-electron chi connectivity index (χ1n) is 5.34. The van der Waals surface area contributed by atoms with Gasteiger partial charge in [0, 0.05) is 12.1 Å². The fourth-order valence-corrected chi connectivity index (χ4v) is 1.55. The van der Waals surface area contributed by atoms with E-state index in [4.69, 9.17) is 5.73 Å². The number of rotatable bonds is 4. The van der Waals surface area contributed by atoms with Crippen molar-refractivity contribution in [1.82, 2.24) is 0 Å². The van der Waals surface area contributed by atoms with Gasteiger partial charge in [-0.1, -0.05) is 0 Å². The second-order valence-corrected chi connectivity index (χ2v) is 3.98. The Kier molecular flexibility index (Phi) is 4.66. The number of benzene rings is 1. The smallest absolute Gasteiger partial charge is 0.416 e. The molecule has 0 spiro atoms. The zero-order valence-electron chi connectivity index (χ0n) is 10.3. The molecule has 9 heteroatoms. The van der Waals surface area contributed by atoms with Crippen LogP contribution in [0, 0.1) is 10.1 Å². The van der Waals surface area contributed by atoms with Crippen LogP contribution in [0.25, 0.3) is 0 Å². The zero-order chi connectivity index (χ0) is 15.5. The van der Waals surface area contributed by atoms with Gasteiger partial charge in [0.2, 0.25) is 0 Å². The van der Waals surface area contributed by atoms with E-state index in [1.54, 1.807) is 0 Å². The van der Waals surface area contributed by atoms with Crippen molar-refractivity contribution in [2.24, 2.45) is 5.73 Å². The molecule has 0 aliphatic heterocycles. The summed E-state index contributed by atoms with van der Waals surface area (Å²) in [4.78, 5) is 20.8. The summed E-state index contributed by atoms with van der Waals surface area (Å²) in [6, 6.07) is 0.893. The third-order valence-corrected chi connectivity index (χ3v) is 2.48. The standard InChI is InChI=1S/C11H11F3N2O4/c1-20-10(17)9(15)4-6-2-7(11(12,13)14)5-8(3-6)16(18)19/h2-3,5,9H,4,15H2,1H3/t9-/m1/s1. The summed E-state index contributed by atoms with van der Waals surface area (Å²) in [6.07, 6.45) is -5.02. The highest BCUT2D eigenvalue weighted by Gasteiger charge is 2.33. The normalized spacial score (nSPS) is 12.8. The van der Waals surface area contributed by atoms with E-state index in [-0.39, 0.29) is 12.0 Å². The topological polar surface area (TPSA) is 95.5 Å². The Morgan fingerprint density at radius 2 is 2.05 bits per heavy atom. The van der Waals surface area contributed by atoms with E-state index in [0.29, 0.717) is 6.07 Å². The number of esters is 1. The summed E-state index contributed by atoms with van der Waals surface area (Å²) in [5.41, 5.74) is 3.47. The van der Waals surface area contributed by atoms with Crippen molar-refractivity contribution in [3.63, 3.8) is 0 Å². The molecule has 0 fully saturated rings. The highest BCUT2D eigenvalue weighted by Crippen LogP contribution is 2.32. The van der Waals surface area contributed by atoms with Crippen molar-refractivity contribution in [3.05, 3.63) is 39.4 Å². The van der Waals surface area contributed by atoms with Crippen LogP contribution in [0.1, 0.15) is 11.1 Å². The molecule has 0 aromatic heterocycles. The molecule has 0 aliphatic carbocycles. The van der Waals surface area contributed by atoms with Crippen LogP contribution in [-0.4, -0.2) is 24.0 Å². The number of nitro groups is 1. The molecule has 110 valence electrons. The summed E-state index contributed by atoms with van der Waals surface area (Å²) in [6.45, 7) is 0. The summed E-state index contributed by atoms with van der Waals surface area (Å²) in [5, 5.41) is 10.6. The molecule has 1 rings (SSSR count). The average Bonchev–Trinajstić information content (AvgIpc) is 2.36. The lowest BCUT2D eigenvalue weighted by Gasteiger charge is -2.12. The predicted octanol–water partition coefficient (Wildman–Crippen LogP) is 1.66. The molecular weight excluding hydrogens is 281 g/mol. The SMILES string of the molecule is COC(=O)[C@H](N)Cc1cc([N+](=O)[O-])cc(C(F)(F)F)c1. The zero-order valence-corrected chi connectivity index (χ0v) is 10.3. The molecule has 0 saturated heterocycles. The Morgan fingerprint density at radius 3 is 2.50 bits per heavy atom. The van der Waals surface area contributed by atoms with E-state index in [0.717, 1.165) is 19.2 Å². The monoisotopic (exact) mass is 292 g/mol. The summed E-state index contributed by atoms with van der Waals surface area (Å²) >= 11 is 0. The maximum Gasteiger partial charge on any atom is 0.416 e. The number of nitro benzene ring substituents is 1. The molecule has 1 atom stereocenters. The number of hydrogen-bond acceptors (Lipinski definition) is 5. The fourth-order valence-electron chi connectivity index (χ4n) is 1.55. The minimum atomic E-state index is -4.73. The van der Waals surface area contributed by atoms with Gasteiger partial charge in [-0.3, -0.25) is 14.9 Å². The van der Waals surface area contributed by atoms with Crippen molar-refractivity contribution in [3.8, 4) is 0 Å². The Labute approximate surface area is 111 Å². The van der Waals surface area contributed by atoms with E-state index < -0.39 is 34.4 Å². The van der Waals surface area contributed by atoms with Gasteiger partial charge in [0.25, 0.3) is 5.69 Å². The third kappa shape index (κ3) is 3.92. The van der Waals surface area contributed by atoms with Gasteiger partial charge in [-0.15, -0.1) is 0 Å². The fraction of sp³-hybridized carbons (Fsp3) is 0.364. The summed E-state index contributed by atoms with van der Waals surface area (Å²) in [5.74, 6) is -0.815. The summed E-state index contributed by atoms with van der Waals surface area (Å²) in [7, 11) is 1.08. The van der Waals surface area contributed by atoms with Crippen molar-refractivity contribution in [1.29, 1.82) is 0 Å². The van der Waals surface area contributed by atoms with E-state index in [9.17, 15) is 28.1 Å². The van der Waals surface area contributed by atoms with Crippen LogP contribution in [0.3, 0.4) is 0 Å². The largest absolute Gasteiger partial charge is 0.468 e. The molecule has 6 nitrogen and oxygen atoms in total. The third-order valence-electron chi connectivity index (χ3n) is 2.48. The molecule has 1 aromatic carbocycles. The molecular formula is C11H11F3N2O4. The van der Waals surface area contributed by atoms with Crippen LogP contribution in [0.4, 0.5) is 18.9 Å². The maximum atomic E-state index is 12.6. The van der Waals surface area contributed by atoms with Gasteiger partial charge >= 0.3 is 12.1 Å². The Morgan fingerprint density at radius 1 is 1.45 bits per heavy atom. The predicted molar refractivity (Wildman–Crippen MR) is 61.8 cm³/mol. The van der Waals surface area contributed by atoms with Crippen LogP contribution in [-0.2, 0) is 22.1 Å². The van der Waals surface area contributed by atoms with Gasteiger partial charge in [-0.05, 0) is 18.1 Å². The van der Waals surface area contributed by atoms with Gasteiger partial charge in [-0.2, -0.15) is 13.2 Å². The molecule has 0 radical (unpaired) electrons. The van der Waals surface area contributed by atoms with Crippen LogP contribution in [0.2, 0.25) is 0 Å². The number of methoxy groups -OCH3 is 1. The van der Waals surface area contributed by atoms with E-state index in [2.05, 4.69) is 4.74 Å².